The molecule has 7 nitrogen and oxygen atoms in total. The predicted molar refractivity (Wildman–Crippen MR) is 130 cm³/mol. The van der Waals surface area contributed by atoms with E-state index < -0.39 is 6.17 Å². The third-order valence-electron chi connectivity index (χ3n) is 7.40. The van der Waals surface area contributed by atoms with Crippen LogP contribution < -0.4 is 10.2 Å². The Labute approximate surface area is 197 Å². The van der Waals surface area contributed by atoms with Gasteiger partial charge in [-0.3, -0.25) is 9.67 Å². The average Bonchev–Trinajstić information content (AvgIpc) is 3.44. The molecule has 0 saturated carbocycles. The molecule has 0 spiro atoms. The van der Waals surface area contributed by atoms with Crippen LogP contribution in [0.25, 0.3) is 33.3 Å². The van der Waals surface area contributed by atoms with Gasteiger partial charge in [-0.15, -0.1) is 0 Å². The second-order valence-electron chi connectivity index (χ2n) is 9.44. The fourth-order valence-electron chi connectivity index (χ4n) is 5.43. The van der Waals surface area contributed by atoms with Gasteiger partial charge < -0.3 is 15.3 Å². The van der Waals surface area contributed by atoms with Gasteiger partial charge in [0.1, 0.15) is 17.7 Å². The molecule has 4 atom stereocenters. The number of benzene rings is 2. The van der Waals surface area contributed by atoms with Crippen molar-refractivity contribution >= 4 is 16.7 Å². The van der Waals surface area contributed by atoms with Crippen LogP contribution in [-0.4, -0.2) is 56.2 Å². The smallest absolute Gasteiger partial charge is 0.147 e. The first-order chi connectivity index (χ1) is 16.5. The van der Waals surface area contributed by atoms with Crippen LogP contribution >= 0.6 is 0 Å². The van der Waals surface area contributed by atoms with Crippen LogP contribution in [0.4, 0.5) is 10.2 Å². The number of alkyl halides is 1. The van der Waals surface area contributed by atoms with E-state index in [9.17, 15) is 9.50 Å². The van der Waals surface area contributed by atoms with Gasteiger partial charge in [0.2, 0.25) is 0 Å². The third-order valence-corrected chi connectivity index (χ3v) is 7.40. The molecule has 2 bridgehead atoms. The monoisotopic (exact) mass is 458 g/mol. The van der Waals surface area contributed by atoms with Crippen molar-refractivity contribution in [3.63, 3.8) is 0 Å². The molecule has 2 N–H and O–H groups in total. The zero-order valence-corrected chi connectivity index (χ0v) is 19.2. The Hall–Kier alpha value is -3.52. The molecule has 2 aliphatic heterocycles. The maximum Gasteiger partial charge on any atom is 0.147 e. The second-order valence-corrected chi connectivity index (χ2v) is 9.44. The molecule has 174 valence electrons. The van der Waals surface area contributed by atoms with Crippen molar-refractivity contribution in [1.82, 2.24) is 25.1 Å². The summed E-state index contributed by atoms with van der Waals surface area (Å²) in [6.07, 6.45) is 6.91. The van der Waals surface area contributed by atoms with Crippen molar-refractivity contribution in [2.24, 2.45) is 7.05 Å². The fourth-order valence-corrected chi connectivity index (χ4v) is 5.43. The third kappa shape index (κ3) is 3.49. The summed E-state index contributed by atoms with van der Waals surface area (Å²) < 4.78 is 16.8. The standard InChI is InChI=1S/C26H27FN6O/c1-32(23-11-18-5-7-20(31-18)26(23)27)25-14-28-21(13-29-25)19-6-3-16(10-24(19)34)15-4-8-22-17(9-15)12-30-33(22)2/h3-4,6,8-10,12-14,18,20,23,26,31,34H,5,7,11H2,1-2H3/t18?,20?,23-,26+/m1/s1. The molecule has 6 rings (SSSR count). The average molecular weight is 459 g/mol. The normalized spacial score (nSPS) is 24.0. The summed E-state index contributed by atoms with van der Waals surface area (Å²) in [5.41, 5.74) is 4.15. The molecule has 2 fully saturated rings. The first-order valence-electron chi connectivity index (χ1n) is 11.7. The first-order valence-corrected chi connectivity index (χ1v) is 11.7. The number of aromatic hydroxyl groups is 1. The summed E-state index contributed by atoms with van der Waals surface area (Å²) in [5, 5.41) is 19.5. The molecule has 2 unspecified atom stereocenters. The van der Waals surface area contributed by atoms with E-state index in [1.165, 1.54) is 0 Å². The highest BCUT2D eigenvalue weighted by Gasteiger charge is 2.43. The van der Waals surface area contributed by atoms with E-state index in [-0.39, 0.29) is 17.8 Å². The number of aryl methyl sites for hydroxylation is 1. The van der Waals surface area contributed by atoms with E-state index in [1.807, 2.05) is 54.1 Å². The Morgan fingerprint density at radius 3 is 2.68 bits per heavy atom. The number of piperidine rings is 1. The highest BCUT2D eigenvalue weighted by atomic mass is 19.1. The van der Waals surface area contributed by atoms with Crippen LogP contribution in [0.15, 0.2) is 55.0 Å². The van der Waals surface area contributed by atoms with Crippen LogP contribution in [0, 0.1) is 0 Å². The van der Waals surface area contributed by atoms with E-state index >= 15 is 0 Å². The zero-order valence-electron chi connectivity index (χ0n) is 19.2. The number of aromatic nitrogens is 4. The lowest BCUT2D eigenvalue weighted by atomic mass is 9.96. The van der Waals surface area contributed by atoms with Gasteiger partial charge in [-0.1, -0.05) is 12.1 Å². The van der Waals surface area contributed by atoms with Gasteiger partial charge in [0.15, 0.2) is 0 Å². The molecule has 2 saturated heterocycles. The Balaban J connectivity index is 1.23. The van der Waals surface area contributed by atoms with Gasteiger partial charge in [-0.05, 0) is 54.7 Å². The summed E-state index contributed by atoms with van der Waals surface area (Å²) in [7, 11) is 3.80. The molecule has 34 heavy (non-hydrogen) atoms. The molecule has 0 radical (unpaired) electrons. The summed E-state index contributed by atoms with van der Waals surface area (Å²) in [5.74, 6) is 0.775. The molecule has 2 aliphatic rings. The molecule has 8 heteroatoms. The Morgan fingerprint density at radius 2 is 1.88 bits per heavy atom. The molecule has 4 aromatic rings. The van der Waals surface area contributed by atoms with Crippen molar-refractivity contribution < 1.29 is 9.50 Å². The molecule has 2 aromatic heterocycles. The largest absolute Gasteiger partial charge is 0.507 e. The summed E-state index contributed by atoms with van der Waals surface area (Å²) in [6, 6.07) is 11.8. The van der Waals surface area contributed by atoms with Gasteiger partial charge in [-0.25, -0.2) is 9.37 Å². The van der Waals surface area contributed by atoms with E-state index in [1.54, 1.807) is 18.5 Å². The lowest BCUT2D eigenvalue weighted by Crippen LogP contribution is -2.55. The SMILES string of the molecule is CN(c1cnc(-c2ccc(-c3ccc4c(cnn4C)c3)cc2O)cn1)[C@@H]1CC2CCC(N2)[C@@H]1F. The van der Waals surface area contributed by atoms with Crippen molar-refractivity contribution in [3.05, 3.63) is 55.0 Å². The van der Waals surface area contributed by atoms with Crippen molar-refractivity contribution in [3.8, 4) is 28.1 Å². The number of halogens is 1. The highest BCUT2D eigenvalue weighted by molar-refractivity contribution is 5.85. The number of hydrogen-bond acceptors (Lipinski definition) is 6. The van der Waals surface area contributed by atoms with Crippen LogP contribution in [0.2, 0.25) is 0 Å². The van der Waals surface area contributed by atoms with E-state index in [4.69, 9.17) is 0 Å². The number of nitrogens with one attached hydrogen (secondary N) is 1. The van der Waals surface area contributed by atoms with Gasteiger partial charge in [-0.2, -0.15) is 5.10 Å². The predicted octanol–water partition coefficient (Wildman–Crippen LogP) is 4.07. The van der Waals surface area contributed by atoms with Crippen molar-refractivity contribution in [2.75, 3.05) is 11.9 Å². The fraction of sp³-hybridized carbons (Fsp3) is 0.346. The van der Waals surface area contributed by atoms with Crippen molar-refractivity contribution in [2.45, 2.75) is 43.6 Å². The number of phenolic OH excluding ortho intramolecular Hbond substituents is 1. The lowest BCUT2D eigenvalue weighted by molar-refractivity contribution is 0.176. The lowest BCUT2D eigenvalue weighted by Gasteiger charge is -2.38. The topological polar surface area (TPSA) is 79.1 Å². The molecule has 2 aromatic carbocycles. The quantitative estimate of drug-likeness (QED) is 0.480. The minimum absolute atomic E-state index is 0.0623. The van der Waals surface area contributed by atoms with Crippen molar-refractivity contribution in [1.29, 1.82) is 0 Å². The Bertz CT molecular complexity index is 1350. The Morgan fingerprint density at radius 1 is 1.06 bits per heavy atom. The number of phenols is 1. The van der Waals surface area contributed by atoms with Gasteiger partial charge >= 0.3 is 0 Å². The maximum absolute atomic E-state index is 14.9. The number of fused-ring (bicyclic) bond motifs is 3. The number of nitrogens with zero attached hydrogens (tertiary/aromatic N) is 5. The van der Waals surface area contributed by atoms with Crippen LogP contribution in [0.5, 0.6) is 5.75 Å². The highest BCUT2D eigenvalue weighted by Crippen LogP contribution is 2.35. The minimum atomic E-state index is -0.923. The van der Waals surface area contributed by atoms with Gasteiger partial charge in [0, 0.05) is 37.1 Å². The zero-order chi connectivity index (χ0) is 23.4. The molecule has 4 heterocycles. The number of hydrogen-bond donors (Lipinski definition) is 2. The van der Waals surface area contributed by atoms with Crippen LogP contribution in [0.3, 0.4) is 0 Å². The van der Waals surface area contributed by atoms with Crippen LogP contribution in [-0.2, 0) is 7.05 Å². The first kappa shape index (κ1) is 21.0. The maximum atomic E-state index is 14.9. The molecule has 0 amide bonds. The Kier molecular flexibility index (Phi) is 4.99. The summed E-state index contributed by atoms with van der Waals surface area (Å²) >= 11 is 0. The summed E-state index contributed by atoms with van der Waals surface area (Å²) in [6.45, 7) is 0. The summed E-state index contributed by atoms with van der Waals surface area (Å²) in [4.78, 5) is 11.0. The molecule has 0 aliphatic carbocycles. The molecular formula is C26H27FN6O. The van der Waals surface area contributed by atoms with Gasteiger partial charge in [0.05, 0.1) is 35.8 Å². The second kappa shape index (κ2) is 8.06. The number of anilines is 1. The van der Waals surface area contributed by atoms with E-state index in [2.05, 4.69) is 26.4 Å². The van der Waals surface area contributed by atoms with E-state index in [0.717, 1.165) is 41.3 Å². The number of rotatable bonds is 4. The minimum Gasteiger partial charge on any atom is -0.507 e. The van der Waals surface area contributed by atoms with E-state index in [0.29, 0.717) is 23.1 Å². The molecular weight excluding hydrogens is 431 g/mol. The van der Waals surface area contributed by atoms with Crippen LogP contribution in [0.1, 0.15) is 19.3 Å². The van der Waals surface area contributed by atoms with Gasteiger partial charge in [0.25, 0.3) is 0 Å².